The highest BCUT2D eigenvalue weighted by molar-refractivity contribution is 7.09. The second-order valence-electron chi connectivity index (χ2n) is 6.48. The molecule has 0 atom stereocenters. The summed E-state index contributed by atoms with van der Waals surface area (Å²) in [5.74, 6) is 0.573. The molecule has 2 rings (SSSR count). The molecule has 1 amide bonds. The van der Waals surface area contributed by atoms with E-state index < -0.39 is 0 Å². The Kier molecular flexibility index (Phi) is 5.16. The lowest BCUT2D eigenvalue weighted by molar-refractivity contribution is 0.0932. The highest BCUT2D eigenvalue weighted by Gasteiger charge is 2.27. The van der Waals surface area contributed by atoms with Crippen LogP contribution in [0.4, 0.5) is 0 Å². The maximum absolute atomic E-state index is 12.0. The molecule has 20 heavy (non-hydrogen) atoms. The summed E-state index contributed by atoms with van der Waals surface area (Å²) >= 11 is 1.51. The van der Waals surface area contributed by atoms with Gasteiger partial charge in [-0.15, -0.1) is 11.3 Å². The van der Waals surface area contributed by atoms with E-state index in [9.17, 15) is 4.79 Å². The summed E-state index contributed by atoms with van der Waals surface area (Å²) in [6.45, 7) is 6.01. The lowest BCUT2D eigenvalue weighted by atomic mass is 9.73. The summed E-state index contributed by atoms with van der Waals surface area (Å²) < 4.78 is 0. The number of nitrogens with two attached hydrogens (primary N) is 1. The normalized spacial score (nSPS) is 18.9. The van der Waals surface area contributed by atoms with Crippen molar-refractivity contribution in [3.8, 4) is 0 Å². The Morgan fingerprint density at radius 1 is 1.50 bits per heavy atom. The van der Waals surface area contributed by atoms with Crippen molar-refractivity contribution in [3.63, 3.8) is 0 Å². The Bertz CT molecular complexity index is 446. The molecule has 0 unspecified atom stereocenters. The van der Waals surface area contributed by atoms with Crippen LogP contribution in [0.1, 0.15) is 55.0 Å². The van der Waals surface area contributed by atoms with Crippen molar-refractivity contribution in [2.75, 3.05) is 13.1 Å². The van der Waals surface area contributed by atoms with Crippen molar-refractivity contribution in [2.45, 2.75) is 46.0 Å². The van der Waals surface area contributed by atoms with Crippen LogP contribution in [-0.4, -0.2) is 24.0 Å². The molecule has 3 N–H and O–H groups in total. The molecule has 1 heterocycles. The predicted molar refractivity (Wildman–Crippen MR) is 82.9 cm³/mol. The minimum atomic E-state index is -0.0469. The quantitative estimate of drug-likeness (QED) is 0.877. The highest BCUT2D eigenvalue weighted by atomic mass is 32.1. The summed E-state index contributed by atoms with van der Waals surface area (Å²) in [4.78, 5) is 16.3. The molecule has 4 nitrogen and oxygen atoms in total. The van der Waals surface area contributed by atoms with Gasteiger partial charge >= 0.3 is 0 Å². The maximum Gasteiger partial charge on any atom is 0.270 e. The number of rotatable bonds is 5. The van der Waals surface area contributed by atoms with Crippen LogP contribution in [0.5, 0.6) is 0 Å². The van der Waals surface area contributed by atoms with E-state index >= 15 is 0 Å². The number of hydrogen-bond donors (Lipinski definition) is 2. The molecule has 1 fully saturated rings. The summed E-state index contributed by atoms with van der Waals surface area (Å²) in [6, 6.07) is 0. The fraction of sp³-hybridized carbons (Fsp3) is 0.733. The number of nitrogens with zero attached hydrogens (tertiary/aromatic N) is 1. The van der Waals surface area contributed by atoms with Crippen LogP contribution in [0.15, 0.2) is 5.38 Å². The van der Waals surface area contributed by atoms with Gasteiger partial charge in [0.15, 0.2) is 0 Å². The molecule has 1 aliphatic rings. The standard InChI is InChI=1S/C15H25N3OS/c1-15(2)6-3-11(4-7-15)9-17-14(19)12-10-20-13(18-12)5-8-16/h10-11H,3-9,16H2,1-2H3,(H,17,19). The molecule has 112 valence electrons. The second kappa shape index (κ2) is 6.68. The van der Waals surface area contributed by atoms with Crippen molar-refractivity contribution < 1.29 is 4.79 Å². The van der Waals surface area contributed by atoms with Crippen LogP contribution in [-0.2, 0) is 6.42 Å². The van der Waals surface area contributed by atoms with E-state index in [2.05, 4.69) is 24.1 Å². The number of amides is 1. The fourth-order valence-corrected chi connectivity index (χ4v) is 3.44. The summed E-state index contributed by atoms with van der Waals surface area (Å²) in [7, 11) is 0. The molecule has 0 radical (unpaired) electrons. The van der Waals surface area contributed by atoms with E-state index in [1.54, 1.807) is 0 Å². The molecule has 0 aromatic carbocycles. The van der Waals surface area contributed by atoms with Crippen LogP contribution in [0, 0.1) is 11.3 Å². The first-order chi connectivity index (χ1) is 9.50. The van der Waals surface area contributed by atoms with Gasteiger partial charge in [0.1, 0.15) is 5.69 Å². The zero-order valence-corrected chi connectivity index (χ0v) is 13.3. The van der Waals surface area contributed by atoms with Crippen LogP contribution < -0.4 is 11.1 Å². The van der Waals surface area contributed by atoms with E-state index in [4.69, 9.17) is 5.73 Å². The molecule has 0 saturated heterocycles. The van der Waals surface area contributed by atoms with Gasteiger partial charge in [0.25, 0.3) is 5.91 Å². The zero-order valence-electron chi connectivity index (χ0n) is 12.4. The van der Waals surface area contributed by atoms with Gasteiger partial charge in [-0.05, 0) is 43.6 Å². The Balaban J connectivity index is 1.77. The number of carbonyl (C=O) groups is 1. The third-order valence-corrected chi connectivity index (χ3v) is 5.06. The first-order valence-electron chi connectivity index (χ1n) is 7.43. The molecular weight excluding hydrogens is 270 g/mol. The molecule has 1 aliphatic carbocycles. The monoisotopic (exact) mass is 295 g/mol. The average Bonchev–Trinajstić information content (AvgIpc) is 2.86. The van der Waals surface area contributed by atoms with Crippen molar-refractivity contribution in [2.24, 2.45) is 17.1 Å². The number of aromatic nitrogens is 1. The lowest BCUT2D eigenvalue weighted by Gasteiger charge is -2.34. The third-order valence-electron chi connectivity index (χ3n) is 4.15. The Morgan fingerprint density at radius 2 is 2.20 bits per heavy atom. The number of nitrogens with one attached hydrogen (secondary N) is 1. The van der Waals surface area contributed by atoms with Gasteiger partial charge in [0.05, 0.1) is 5.01 Å². The van der Waals surface area contributed by atoms with Crippen molar-refractivity contribution in [1.29, 1.82) is 0 Å². The minimum absolute atomic E-state index is 0.0469. The van der Waals surface area contributed by atoms with Crippen LogP contribution in [0.2, 0.25) is 0 Å². The smallest absolute Gasteiger partial charge is 0.270 e. The molecule has 1 aromatic rings. The fourth-order valence-electron chi connectivity index (χ4n) is 2.64. The minimum Gasteiger partial charge on any atom is -0.350 e. The van der Waals surface area contributed by atoms with E-state index in [-0.39, 0.29) is 5.91 Å². The van der Waals surface area contributed by atoms with E-state index in [1.165, 1.54) is 37.0 Å². The van der Waals surface area contributed by atoms with Gasteiger partial charge in [0.2, 0.25) is 0 Å². The van der Waals surface area contributed by atoms with Gasteiger partial charge in [-0.1, -0.05) is 13.8 Å². The van der Waals surface area contributed by atoms with Crippen molar-refractivity contribution >= 4 is 17.2 Å². The van der Waals surface area contributed by atoms with Crippen molar-refractivity contribution in [1.82, 2.24) is 10.3 Å². The first kappa shape index (κ1) is 15.4. The third kappa shape index (κ3) is 4.28. The molecule has 0 bridgehead atoms. The maximum atomic E-state index is 12.0. The van der Waals surface area contributed by atoms with Crippen LogP contribution >= 0.6 is 11.3 Å². The summed E-state index contributed by atoms with van der Waals surface area (Å²) in [5, 5.41) is 5.79. The largest absolute Gasteiger partial charge is 0.350 e. The van der Waals surface area contributed by atoms with Gasteiger partial charge in [-0.2, -0.15) is 0 Å². The van der Waals surface area contributed by atoms with E-state index in [0.29, 0.717) is 23.6 Å². The summed E-state index contributed by atoms with van der Waals surface area (Å²) in [5.41, 5.74) is 6.51. The molecular formula is C15H25N3OS. The molecule has 1 aromatic heterocycles. The first-order valence-corrected chi connectivity index (χ1v) is 8.31. The Labute approximate surface area is 125 Å². The predicted octanol–water partition coefficient (Wildman–Crippen LogP) is 2.59. The van der Waals surface area contributed by atoms with Gasteiger partial charge in [0, 0.05) is 18.3 Å². The number of thiazole rings is 1. The van der Waals surface area contributed by atoms with E-state index in [0.717, 1.165) is 18.0 Å². The molecule has 0 aliphatic heterocycles. The van der Waals surface area contributed by atoms with Crippen LogP contribution in [0.25, 0.3) is 0 Å². The number of hydrogen-bond acceptors (Lipinski definition) is 4. The summed E-state index contributed by atoms with van der Waals surface area (Å²) in [6.07, 6.45) is 5.68. The van der Waals surface area contributed by atoms with Gasteiger partial charge in [-0.3, -0.25) is 4.79 Å². The molecule has 1 saturated carbocycles. The molecule has 0 spiro atoms. The lowest BCUT2D eigenvalue weighted by Crippen LogP contribution is -2.33. The molecule has 5 heteroatoms. The second-order valence-corrected chi connectivity index (χ2v) is 7.43. The van der Waals surface area contributed by atoms with Crippen LogP contribution in [0.3, 0.4) is 0 Å². The topological polar surface area (TPSA) is 68.0 Å². The average molecular weight is 295 g/mol. The number of carbonyl (C=O) groups excluding carboxylic acids is 1. The zero-order chi connectivity index (χ0) is 14.6. The Morgan fingerprint density at radius 3 is 2.85 bits per heavy atom. The SMILES string of the molecule is CC1(C)CCC(CNC(=O)c2csc(CCN)n2)CC1. The highest BCUT2D eigenvalue weighted by Crippen LogP contribution is 2.37. The Hall–Kier alpha value is -0.940. The van der Waals surface area contributed by atoms with Crippen molar-refractivity contribution in [3.05, 3.63) is 16.1 Å². The van der Waals surface area contributed by atoms with Gasteiger partial charge < -0.3 is 11.1 Å². The van der Waals surface area contributed by atoms with Gasteiger partial charge in [-0.25, -0.2) is 4.98 Å². The van der Waals surface area contributed by atoms with E-state index in [1.807, 2.05) is 5.38 Å².